The summed E-state index contributed by atoms with van der Waals surface area (Å²) in [7, 11) is -3.84. The van der Waals surface area contributed by atoms with Crippen molar-refractivity contribution in [2.45, 2.75) is 44.0 Å². The molecule has 1 amide bonds. The van der Waals surface area contributed by atoms with Crippen LogP contribution in [-0.2, 0) is 16.6 Å². The molecule has 0 atom stereocenters. The number of benzene rings is 2. The molecule has 152 valence electrons. The molecule has 0 unspecified atom stereocenters. The third-order valence-electron chi connectivity index (χ3n) is 5.29. The van der Waals surface area contributed by atoms with Crippen molar-refractivity contribution in [1.82, 2.24) is 5.32 Å². The molecule has 6 nitrogen and oxygen atoms in total. The molecule has 0 aliphatic carbocycles. The highest BCUT2D eigenvalue weighted by molar-refractivity contribution is 7.90. The summed E-state index contributed by atoms with van der Waals surface area (Å²) in [6.07, 6.45) is 3.56. The average molecular weight is 415 g/mol. The van der Waals surface area contributed by atoms with E-state index in [-0.39, 0.29) is 22.8 Å². The Balaban J connectivity index is 1.58. The maximum atomic E-state index is 13.4. The van der Waals surface area contributed by atoms with Gasteiger partial charge in [0.05, 0.1) is 5.69 Å². The van der Waals surface area contributed by atoms with Crippen LogP contribution in [0.5, 0.6) is 0 Å². The molecule has 8 heteroatoms. The number of nitrogens with zero attached hydrogens (tertiary/aromatic N) is 2. The first-order valence-electron chi connectivity index (χ1n) is 9.64. The van der Waals surface area contributed by atoms with E-state index in [1.54, 1.807) is 31.2 Å². The van der Waals surface area contributed by atoms with Crippen molar-refractivity contribution in [3.8, 4) is 0 Å². The van der Waals surface area contributed by atoms with Gasteiger partial charge in [-0.15, -0.1) is 4.40 Å². The average Bonchev–Trinajstić information content (AvgIpc) is 2.93. The van der Waals surface area contributed by atoms with E-state index < -0.39 is 15.9 Å². The Hall–Kier alpha value is -2.74. The lowest BCUT2D eigenvalue weighted by molar-refractivity contribution is 0.0950. The van der Waals surface area contributed by atoms with Crippen LogP contribution in [0, 0.1) is 12.7 Å². The maximum absolute atomic E-state index is 13.4. The van der Waals surface area contributed by atoms with Gasteiger partial charge in [0.1, 0.15) is 16.5 Å². The number of amidine groups is 1. The van der Waals surface area contributed by atoms with Gasteiger partial charge in [0.2, 0.25) is 0 Å². The lowest BCUT2D eigenvalue weighted by Gasteiger charge is -2.29. The van der Waals surface area contributed by atoms with Crippen LogP contribution in [-0.4, -0.2) is 26.7 Å². The summed E-state index contributed by atoms with van der Waals surface area (Å²) in [5, 5.41) is 2.76. The van der Waals surface area contributed by atoms with Crippen molar-refractivity contribution in [2.75, 3.05) is 11.4 Å². The number of nitrogens with one attached hydrogen (secondary N) is 1. The Labute approximate surface area is 169 Å². The van der Waals surface area contributed by atoms with Crippen molar-refractivity contribution in [3.05, 3.63) is 58.9 Å². The largest absolute Gasteiger partial charge is 0.348 e. The van der Waals surface area contributed by atoms with E-state index in [0.29, 0.717) is 23.5 Å². The molecule has 1 N–H and O–H groups in total. The molecule has 0 radical (unpaired) electrons. The minimum absolute atomic E-state index is 0.0634. The Kier molecular flexibility index (Phi) is 5.12. The van der Waals surface area contributed by atoms with Crippen LogP contribution >= 0.6 is 0 Å². The molecule has 1 saturated heterocycles. The van der Waals surface area contributed by atoms with Crippen molar-refractivity contribution in [1.29, 1.82) is 0 Å². The van der Waals surface area contributed by atoms with Crippen LogP contribution in [0.15, 0.2) is 45.7 Å². The van der Waals surface area contributed by atoms with Crippen LogP contribution in [0.3, 0.4) is 0 Å². The van der Waals surface area contributed by atoms with E-state index in [9.17, 15) is 17.6 Å². The SMILES string of the molecule is Cc1cc(CNC(=O)c2ccc3c(c2)S(=O)(=O)N=C2CCCCCN23)ccc1F. The van der Waals surface area contributed by atoms with Crippen LogP contribution in [0.1, 0.15) is 47.2 Å². The van der Waals surface area contributed by atoms with E-state index in [0.717, 1.165) is 31.4 Å². The van der Waals surface area contributed by atoms with Crippen LogP contribution < -0.4 is 10.2 Å². The van der Waals surface area contributed by atoms with Gasteiger partial charge in [0.25, 0.3) is 15.9 Å². The van der Waals surface area contributed by atoms with Gasteiger partial charge in [0, 0.05) is 25.1 Å². The molecule has 0 aromatic heterocycles. The van der Waals surface area contributed by atoms with Gasteiger partial charge in [-0.05, 0) is 55.2 Å². The number of carbonyl (C=O) groups is 1. The van der Waals surface area contributed by atoms with E-state index in [4.69, 9.17) is 0 Å². The Bertz CT molecular complexity index is 1110. The number of hydrogen-bond donors (Lipinski definition) is 1. The minimum atomic E-state index is -3.84. The zero-order chi connectivity index (χ0) is 20.6. The van der Waals surface area contributed by atoms with Crippen molar-refractivity contribution < 1.29 is 17.6 Å². The van der Waals surface area contributed by atoms with E-state index in [1.165, 1.54) is 12.1 Å². The molecule has 2 aliphatic rings. The zero-order valence-corrected chi connectivity index (χ0v) is 16.9. The van der Waals surface area contributed by atoms with Gasteiger partial charge in [-0.25, -0.2) is 4.39 Å². The number of amides is 1. The highest BCUT2D eigenvalue weighted by atomic mass is 32.2. The van der Waals surface area contributed by atoms with Crippen LogP contribution in [0.2, 0.25) is 0 Å². The highest BCUT2D eigenvalue weighted by Gasteiger charge is 2.32. The standard InChI is InChI=1S/C21H22FN3O3S/c1-14-11-15(6-8-17(14)22)13-23-21(26)16-7-9-18-19(12-16)29(27,28)24-20-5-3-2-4-10-25(18)20/h6-9,11-12H,2-5,10,13H2,1H3,(H,23,26). The molecule has 0 spiro atoms. The van der Waals surface area contributed by atoms with Crippen molar-refractivity contribution >= 4 is 27.5 Å². The monoisotopic (exact) mass is 415 g/mol. The van der Waals surface area contributed by atoms with E-state index >= 15 is 0 Å². The molecule has 2 aromatic carbocycles. The van der Waals surface area contributed by atoms with Crippen molar-refractivity contribution in [3.63, 3.8) is 0 Å². The number of hydrogen-bond acceptors (Lipinski definition) is 4. The molecule has 29 heavy (non-hydrogen) atoms. The second-order valence-corrected chi connectivity index (χ2v) is 8.97. The lowest BCUT2D eigenvalue weighted by atomic mass is 10.1. The third kappa shape index (κ3) is 3.89. The highest BCUT2D eigenvalue weighted by Crippen LogP contribution is 2.35. The maximum Gasteiger partial charge on any atom is 0.286 e. The van der Waals surface area contributed by atoms with Crippen LogP contribution in [0.4, 0.5) is 10.1 Å². The molecule has 2 aromatic rings. The third-order valence-corrected chi connectivity index (χ3v) is 6.62. The molecular formula is C21H22FN3O3S. The lowest BCUT2D eigenvalue weighted by Crippen LogP contribution is -2.35. The second kappa shape index (κ2) is 7.59. The number of fused-ring (bicyclic) bond motifs is 3. The zero-order valence-electron chi connectivity index (χ0n) is 16.1. The summed E-state index contributed by atoms with van der Waals surface area (Å²) >= 11 is 0. The molecular weight excluding hydrogens is 393 g/mol. The fraction of sp³-hybridized carbons (Fsp3) is 0.333. The number of aryl methyl sites for hydroxylation is 1. The second-order valence-electron chi connectivity index (χ2n) is 7.39. The molecule has 4 rings (SSSR count). The normalized spacial score (nSPS) is 17.6. The first-order chi connectivity index (χ1) is 13.8. The number of carbonyl (C=O) groups excluding carboxylic acids is 1. The summed E-state index contributed by atoms with van der Waals surface area (Å²) in [6.45, 7) is 2.60. The topological polar surface area (TPSA) is 78.8 Å². The fourth-order valence-electron chi connectivity index (χ4n) is 3.72. The minimum Gasteiger partial charge on any atom is -0.348 e. The molecule has 0 saturated carbocycles. The predicted molar refractivity (Wildman–Crippen MR) is 109 cm³/mol. The summed E-state index contributed by atoms with van der Waals surface area (Å²) in [6, 6.07) is 9.34. The Morgan fingerprint density at radius 1 is 1.17 bits per heavy atom. The number of rotatable bonds is 3. The summed E-state index contributed by atoms with van der Waals surface area (Å²) in [4.78, 5) is 14.6. The molecule has 0 bridgehead atoms. The van der Waals surface area contributed by atoms with Gasteiger partial charge < -0.3 is 10.2 Å². The van der Waals surface area contributed by atoms with E-state index in [1.807, 2.05) is 4.90 Å². The number of sulfonamides is 1. The number of halogens is 1. The number of anilines is 1. The van der Waals surface area contributed by atoms with Crippen molar-refractivity contribution in [2.24, 2.45) is 4.40 Å². The summed E-state index contributed by atoms with van der Waals surface area (Å²) in [5.41, 5.74) is 2.10. The van der Waals surface area contributed by atoms with Gasteiger partial charge in [-0.1, -0.05) is 18.6 Å². The van der Waals surface area contributed by atoms with Gasteiger partial charge in [-0.2, -0.15) is 8.42 Å². The molecule has 2 aliphatic heterocycles. The first-order valence-corrected chi connectivity index (χ1v) is 11.1. The Morgan fingerprint density at radius 3 is 2.79 bits per heavy atom. The van der Waals surface area contributed by atoms with E-state index in [2.05, 4.69) is 9.71 Å². The molecule has 1 fully saturated rings. The smallest absolute Gasteiger partial charge is 0.286 e. The molecule has 2 heterocycles. The first kappa shape index (κ1) is 19.6. The van der Waals surface area contributed by atoms with Gasteiger partial charge in [0.15, 0.2) is 0 Å². The quantitative estimate of drug-likeness (QED) is 0.832. The van der Waals surface area contributed by atoms with Gasteiger partial charge in [-0.3, -0.25) is 4.79 Å². The summed E-state index contributed by atoms with van der Waals surface area (Å²) < 4.78 is 42.7. The summed E-state index contributed by atoms with van der Waals surface area (Å²) in [5.74, 6) is -0.108. The predicted octanol–water partition coefficient (Wildman–Crippen LogP) is 3.55. The van der Waals surface area contributed by atoms with Crippen LogP contribution in [0.25, 0.3) is 0 Å². The van der Waals surface area contributed by atoms with Gasteiger partial charge >= 0.3 is 0 Å². The Morgan fingerprint density at radius 2 is 2.00 bits per heavy atom. The fourth-order valence-corrected chi connectivity index (χ4v) is 5.01.